The van der Waals surface area contributed by atoms with Crippen molar-refractivity contribution in [2.75, 3.05) is 0 Å². The number of rotatable bonds is 4. The number of hydrogen-bond donors (Lipinski definition) is 0. The molecular weight excluding hydrogens is 587 g/mol. The average Bonchev–Trinajstić information content (AvgIpc) is 3.69. The third-order valence-electron chi connectivity index (χ3n) is 9.25. The summed E-state index contributed by atoms with van der Waals surface area (Å²) in [5.74, 6) is 0. The van der Waals surface area contributed by atoms with Crippen LogP contribution in [0.25, 0.3) is 82.8 Å². The first kappa shape index (κ1) is 27.4. The molecule has 2 heterocycles. The predicted octanol–water partition coefficient (Wildman–Crippen LogP) is 11.4. The summed E-state index contributed by atoms with van der Waals surface area (Å²) >= 11 is 0. The minimum atomic E-state index is 0.633. The van der Waals surface area contributed by atoms with Crippen LogP contribution in [0, 0.1) is 22.7 Å². The van der Waals surface area contributed by atoms with Gasteiger partial charge in [0.05, 0.1) is 34.3 Å². The summed E-state index contributed by atoms with van der Waals surface area (Å²) in [6.07, 6.45) is 0. The monoisotopic (exact) mass is 611 g/mol. The molecule has 0 amide bonds. The summed E-state index contributed by atoms with van der Waals surface area (Å²) in [6.45, 7) is 0. The van der Waals surface area contributed by atoms with Crippen molar-refractivity contribution in [2.45, 2.75) is 0 Å². The van der Waals surface area contributed by atoms with Crippen LogP contribution in [0.5, 0.6) is 0 Å². The van der Waals surface area contributed by atoms with E-state index in [1.165, 1.54) is 0 Å². The van der Waals surface area contributed by atoms with Crippen LogP contribution < -0.4 is 0 Å². The molecule has 7 aromatic carbocycles. The first-order chi connectivity index (χ1) is 23.7. The second kappa shape index (κ2) is 10.9. The summed E-state index contributed by atoms with van der Waals surface area (Å²) in [4.78, 5) is 0. The quantitative estimate of drug-likeness (QED) is 0.199. The van der Waals surface area contributed by atoms with E-state index in [0.717, 1.165) is 82.8 Å². The standard InChI is InChI=1S/C44H25N3O/c45-26-28-13-16-30(17-14-28)35-7-1-2-8-36(35)33-22-32(31-18-20-44-40(25-31)38-10-4-6-12-43(38)48-44)23-34(24-33)47-41-11-5-3-9-37(41)39-21-29(27-46)15-19-42(39)47/h1-25H. The Bertz CT molecular complexity index is 2800. The topological polar surface area (TPSA) is 65.7 Å². The predicted molar refractivity (Wildman–Crippen MR) is 194 cm³/mol. The average molecular weight is 612 g/mol. The number of aromatic nitrogens is 1. The van der Waals surface area contributed by atoms with Crippen LogP contribution in [0.2, 0.25) is 0 Å². The van der Waals surface area contributed by atoms with Gasteiger partial charge in [-0.3, -0.25) is 0 Å². The van der Waals surface area contributed by atoms with Gasteiger partial charge in [0, 0.05) is 27.2 Å². The Labute approximate surface area is 276 Å². The minimum Gasteiger partial charge on any atom is -0.456 e. The van der Waals surface area contributed by atoms with Gasteiger partial charge >= 0.3 is 0 Å². The second-order valence-electron chi connectivity index (χ2n) is 12.0. The van der Waals surface area contributed by atoms with Gasteiger partial charge < -0.3 is 8.98 Å². The number of para-hydroxylation sites is 2. The van der Waals surface area contributed by atoms with Gasteiger partial charge in [-0.25, -0.2) is 0 Å². The first-order valence-electron chi connectivity index (χ1n) is 15.8. The van der Waals surface area contributed by atoms with Crippen LogP contribution in [0.1, 0.15) is 11.1 Å². The van der Waals surface area contributed by atoms with Crippen molar-refractivity contribution < 1.29 is 4.42 Å². The van der Waals surface area contributed by atoms with Crippen LogP contribution >= 0.6 is 0 Å². The Morgan fingerprint density at radius 3 is 1.85 bits per heavy atom. The lowest BCUT2D eigenvalue weighted by molar-refractivity contribution is 0.669. The Morgan fingerprint density at radius 1 is 0.417 bits per heavy atom. The van der Waals surface area contributed by atoms with Crippen molar-refractivity contribution in [3.63, 3.8) is 0 Å². The number of nitriles is 2. The second-order valence-corrected chi connectivity index (χ2v) is 12.0. The molecule has 222 valence electrons. The maximum absolute atomic E-state index is 9.71. The molecule has 0 aliphatic heterocycles. The van der Waals surface area contributed by atoms with Crippen molar-refractivity contribution in [3.8, 4) is 51.2 Å². The molecular formula is C44H25N3O. The third-order valence-corrected chi connectivity index (χ3v) is 9.25. The van der Waals surface area contributed by atoms with E-state index in [-0.39, 0.29) is 0 Å². The molecule has 4 heteroatoms. The van der Waals surface area contributed by atoms with Crippen molar-refractivity contribution in [1.82, 2.24) is 4.57 Å². The number of furan rings is 1. The lowest BCUT2D eigenvalue weighted by Gasteiger charge is -2.16. The zero-order valence-corrected chi connectivity index (χ0v) is 25.7. The molecule has 0 atom stereocenters. The molecule has 0 aliphatic rings. The van der Waals surface area contributed by atoms with Crippen molar-refractivity contribution in [2.24, 2.45) is 0 Å². The molecule has 0 N–H and O–H groups in total. The van der Waals surface area contributed by atoms with Crippen LogP contribution in [-0.4, -0.2) is 4.57 Å². The fraction of sp³-hybridized carbons (Fsp3) is 0. The van der Waals surface area contributed by atoms with E-state index in [4.69, 9.17) is 4.42 Å². The lowest BCUT2D eigenvalue weighted by Crippen LogP contribution is -1.96. The van der Waals surface area contributed by atoms with Gasteiger partial charge in [0.15, 0.2) is 0 Å². The van der Waals surface area contributed by atoms with Crippen LogP contribution in [0.4, 0.5) is 0 Å². The largest absolute Gasteiger partial charge is 0.456 e. The number of fused-ring (bicyclic) bond motifs is 6. The van der Waals surface area contributed by atoms with Crippen molar-refractivity contribution in [1.29, 1.82) is 10.5 Å². The summed E-state index contributed by atoms with van der Waals surface area (Å²) in [7, 11) is 0. The molecule has 0 radical (unpaired) electrons. The number of benzene rings is 7. The molecule has 2 aromatic heterocycles. The van der Waals surface area contributed by atoms with Crippen LogP contribution in [0.15, 0.2) is 156 Å². The van der Waals surface area contributed by atoms with E-state index in [9.17, 15) is 10.5 Å². The maximum Gasteiger partial charge on any atom is 0.135 e. The highest BCUT2D eigenvalue weighted by Crippen LogP contribution is 2.40. The summed E-state index contributed by atoms with van der Waals surface area (Å²) < 4.78 is 8.47. The van der Waals surface area contributed by atoms with E-state index in [1.54, 1.807) is 0 Å². The van der Waals surface area contributed by atoms with Gasteiger partial charge in [0.2, 0.25) is 0 Å². The number of nitrogens with zero attached hydrogens (tertiary/aromatic N) is 3. The van der Waals surface area contributed by atoms with Crippen LogP contribution in [-0.2, 0) is 0 Å². The fourth-order valence-electron chi connectivity index (χ4n) is 7.00. The summed E-state index contributed by atoms with van der Waals surface area (Å²) in [6, 6.07) is 56.4. The highest BCUT2D eigenvalue weighted by molar-refractivity contribution is 6.10. The van der Waals surface area contributed by atoms with Crippen LogP contribution in [0.3, 0.4) is 0 Å². The highest BCUT2D eigenvalue weighted by Gasteiger charge is 2.17. The van der Waals surface area contributed by atoms with E-state index in [2.05, 4.69) is 108 Å². The van der Waals surface area contributed by atoms with Crippen molar-refractivity contribution in [3.05, 3.63) is 163 Å². The molecule has 0 spiro atoms. The zero-order valence-electron chi connectivity index (χ0n) is 25.7. The van der Waals surface area contributed by atoms with E-state index < -0.39 is 0 Å². The van der Waals surface area contributed by atoms with Gasteiger partial charge in [-0.2, -0.15) is 10.5 Å². The Balaban J connectivity index is 1.33. The smallest absolute Gasteiger partial charge is 0.135 e. The maximum atomic E-state index is 9.71. The van der Waals surface area contributed by atoms with Crippen molar-refractivity contribution >= 4 is 43.7 Å². The summed E-state index contributed by atoms with van der Waals surface area (Å²) in [5.41, 5.74) is 12.6. The van der Waals surface area contributed by atoms with Gasteiger partial charge in [0.25, 0.3) is 0 Å². The Kier molecular flexibility index (Phi) is 6.22. The molecule has 0 unspecified atom stereocenters. The minimum absolute atomic E-state index is 0.633. The Hall–Kier alpha value is -6.88. The summed E-state index contributed by atoms with van der Waals surface area (Å²) in [5, 5.41) is 23.4. The zero-order chi connectivity index (χ0) is 32.2. The van der Waals surface area contributed by atoms with Gasteiger partial charge in [-0.05, 0) is 106 Å². The highest BCUT2D eigenvalue weighted by atomic mass is 16.3. The number of hydrogen-bond acceptors (Lipinski definition) is 3. The molecule has 9 rings (SSSR count). The normalized spacial score (nSPS) is 11.3. The first-order valence-corrected chi connectivity index (χ1v) is 15.8. The molecule has 0 fully saturated rings. The van der Waals surface area contributed by atoms with E-state index in [1.807, 2.05) is 60.7 Å². The van der Waals surface area contributed by atoms with Gasteiger partial charge in [0.1, 0.15) is 11.2 Å². The molecule has 48 heavy (non-hydrogen) atoms. The molecule has 0 aliphatic carbocycles. The SMILES string of the molecule is N#Cc1ccc(-c2ccccc2-c2cc(-c3ccc4oc5ccccc5c4c3)cc(-n3c4ccccc4c4cc(C#N)ccc43)c2)cc1. The molecule has 4 nitrogen and oxygen atoms in total. The lowest BCUT2D eigenvalue weighted by atomic mass is 9.91. The van der Waals surface area contributed by atoms with Gasteiger partial charge in [-0.15, -0.1) is 0 Å². The Morgan fingerprint density at radius 2 is 1.04 bits per heavy atom. The third kappa shape index (κ3) is 4.36. The van der Waals surface area contributed by atoms with E-state index >= 15 is 0 Å². The molecule has 0 saturated heterocycles. The van der Waals surface area contributed by atoms with E-state index in [0.29, 0.717) is 11.1 Å². The molecule has 0 bridgehead atoms. The fourth-order valence-corrected chi connectivity index (χ4v) is 7.00. The molecule has 9 aromatic rings. The molecule has 0 saturated carbocycles. The van der Waals surface area contributed by atoms with Gasteiger partial charge in [-0.1, -0.05) is 78.9 Å².